The molecule has 0 aliphatic heterocycles. The first-order valence-corrected chi connectivity index (χ1v) is 5.59. The molecule has 2 rings (SSSR count). The molecule has 0 atom stereocenters. The van der Waals surface area contributed by atoms with Crippen molar-refractivity contribution in [2.45, 2.75) is 20.5 Å². The summed E-state index contributed by atoms with van der Waals surface area (Å²) < 4.78 is 6.78. The van der Waals surface area contributed by atoms with Crippen molar-refractivity contribution in [2.24, 2.45) is 0 Å². The Bertz CT molecular complexity index is 610. The maximum Gasteiger partial charge on any atom is 0.188 e. The summed E-state index contributed by atoms with van der Waals surface area (Å²) in [7, 11) is 1.58. The Hall–Kier alpha value is -2.19. The molecule has 0 saturated carbocycles. The van der Waals surface area contributed by atoms with Crippen LogP contribution in [0.15, 0.2) is 18.2 Å². The first-order chi connectivity index (χ1) is 8.69. The van der Waals surface area contributed by atoms with Crippen molar-refractivity contribution in [1.29, 1.82) is 5.26 Å². The number of hydrogen-bond donors (Lipinski definition) is 0. The highest BCUT2D eigenvalue weighted by Crippen LogP contribution is 2.19. The van der Waals surface area contributed by atoms with Gasteiger partial charge in [-0.3, -0.25) is 0 Å². The number of rotatable bonds is 3. The highest BCUT2D eigenvalue weighted by molar-refractivity contribution is 5.46. The van der Waals surface area contributed by atoms with Crippen LogP contribution in [0.4, 0.5) is 0 Å². The van der Waals surface area contributed by atoms with E-state index in [0.29, 0.717) is 18.0 Å². The molecule has 92 valence electrons. The van der Waals surface area contributed by atoms with Crippen LogP contribution in [0.5, 0.6) is 0 Å². The fourth-order valence-corrected chi connectivity index (χ4v) is 1.81. The van der Waals surface area contributed by atoms with E-state index in [-0.39, 0.29) is 0 Å². The van der Waals surface area contributed by atoms with E-state index in [1.165, 1.54) is 5.56 Å². The molecule has 0 N–H and O–H groups in total. The van der Waals surface area contributed by atoms with E-state index in [0.717, 1.165) is 11.3 Å². The first-order valence-electron chi connectivity index (χ1n) is 5.59. The summed E-state index contributed by atoms with van der Waals surface area (Å²) in [5, 5.41) is 16.9. The van der Waals surface area contributed by atoms with Crippen LogP contribution in [0.3, 0.4) is 0 Å². The van der Waals surface area contributed by atoms with Crippen LogP contribution < -0.4 is 0 Å². The smallest absolute Gasteiger partial charge is 0.188 e. The molecule has 0 spiro atoms. The third-order valence-corrected chi connectivity index (χ3v) is 2.95. The summed E-state index contributed by atoms with van der Waals surface area (Å²) in [5.74, 6) is 0. The van der Waals surface area contributed by atoms with E-state index in [1.54, 1.807) is 11.8 Å². The van der Waals surface area contributed by atoms with Crippen molar-refractivity contribution in [2.75, 3.05) is 7.11 Å². The van der Waals surface area contributed by atoms with Crippen LogP contribution >= 0.6 is 0 Å². The second-order valence-corrected chi connectivity index (χ2v) is 4.06. The molecule has 0 amide bonds. The molecule has 0 saturated heterocycles. The van der Waals surface area contributed by atoms with Crippen molar-refractivity contribution in [3.63, 3.8) is 0 Å². The molecule has 2 aromatic rings. The van der Waals surface area contributed by atoms with E-state index in [9.17, 15) is 0 Å². The van der Waals surface area contributed by atoms with Gasteiger partial charge in [-0.05, 0) is 31.0 Å². The second kappa shape index (κ2) is 4.98. The number of methoxy groups -OCH3 is 1. The quantitative estimate of drug-likeness (QED) is 0.824. The predicted octanol–water partition coefficient (Wildman–Crippen LogP) is 1.90. The minimum atomic E-state index is 0.303. The Morgan fingerprint density at radius 1 is 1.39 bits per heavy atom. The normalized spacial score (nSPS) is 10.3. The number of hydrogen-bond acceptors (Lipinski definition) is 4. The fourth-order valence-electron chi connectivity index (χ4n) is 1.81. The van der Waals surface area contributed by atoms with Gasteiger partial charge in [-0.1, -0.05) is 17.3 Å². The van der Waals surface area contributed by atoms with Crippen molar-refractivity contribution < 1.29 is 4.74 Å². The molecule has 1 aromatic heterocycles. The van der Waals surface area contributed by atoms with Gasteiger partial charge in [-0.2, -0.15) is 5.26 Å². The van der Waals surface area contributed by atoms with Crippen LogP contribution in [-0.4, -0.2) is 22.1 Å². The van der Waals surface area contributed by atoms with Gasteiger partial charge < -0.3 is 4.74 Å². The van der Waals surface area contributed by atoms with Gasteiger partial charge in [0.15, 0.2) is 5.69 Å². The summed E-state index contributed by atoms with van der Waals surface area (Å²) in [6.07, 6.45) is 0. The summed E-state index contributed by atoms with van der Waals surface area (Å²) in [5.41, 5.74) is 4.19. The topological polar surface area (TPSA) is 63.7 Å². The minimum absolute atomic E-state index is 0.303. The van der Waals surface area contributed by atoms with E-state index in [4.69, 9.17) is 10.00 Å². The van der Waals surface area contributed by atoms with Crippen LogP contribution in [0.25, 0.3) is 5.69 Å². The second-order valence-electron chi connectivity index (χ2n) is 4.06. The molecule has 0 fully saturated rings. The van der Waals surface area contributed by atoms with E-state index < -0.39 is 0 Å². The average Bonchev–Trinajstić information content (AvgIpc) is 2.76. The summed E-state index contributed by atoms with van der Waals surface area (Å²) in [6, 6.07) is 7.98. The molecule has 0 aliphatic rings. The van der Waals surface area contributed by atoms with Gasteiger partial charge in [0, 0.05) is 7.11 Å². The van der Waals surface area contributed by atoms with Crippen molar-refractivity contribution in [1.82, 2.24) is 15.0 Å². The molecule has 0 radical (unpaired) electrons. The SMILES string of the molecule is COCc1c(C#N)nnn1-c1cccc(C)c1C. The lowest BCUT2D eigenvalue weighted by molar-refractivity contribution is 0.179. The van der Waals surface area contributed by atoms with Crippen LogP contribution in [0, 0.1) is 25.2 Å². The molecule has 5 nitrogen and oxygen atoms in total. The lowest BCUT2D eigenvalue weighted by Crippen LogP contribution is -2.06. The van der Waals surface area contributed by atoms with E-state index >= 15 is 0 Å². The Morgan fingerprint density at radius 2 is 2.17 bits per heavy atom. The fraction of sp³-hybridized carbons (Fsp3) is 0.308. The van der Waals surface area contributed by atoms with E-state index in [1.807, 2.05) is 38.1 Å². The lowest BCUT2D eigenvalue weighted by Gasteiger charge is -2.10. The zero-order chi connectivity index (χ0) is 13.1. The Morgan fingerprint density at radius 3 is 2.83 bits per heavy atom. The van der Waals surface area contributed by atoms with Gasteiger partial charge in [0.1, 0.15) is 11.8 Å². The molecule has 0 unspecified atom stereocenters. The van der Waals surface area contributed by atoms with Gasteiger partial charge in [0.05, 0.1) is 12.3 Å². The third kappa shape index (κ3) is 1.98. The minimum Gasteiger partial charge on any atom is -0.378 e. The molecule has 1 heterocycles. The van der Waals surface area contributed by atoms with Crippen molar-refractivity contribution in [3.05, 3.63) is 40.7 Å². The van der Waals surface area contributed by atoms with Crippen molar-refractivity contribution in [3.8, 4) is 11.8 Å². The number of ether oxygens (including phenoxy) is 1. The van der Waals surface area contributed by atoms with Gasteiger partial charge >= 0.3 is 0 Å². The number of nitriles is 1. The maximum atomic E-state index is 9.01. The first kappa shape index (κ1) is 12.3. The predicted molar refractivity (Wildman–Crippen MR) is 66.3 cm³/mol. The van der Waals surface area contributed by atoms with Gasteiger partial charge in [-0.25, -0.2) is 4.68 Å². The third-order valence-electron chi connectivity index (χ3n) is 2.95. The van der Waals surface area contributed by atoms with Crippen molar-refractivity contribution >= 4 is 0 Å². The molecule has 0 aliphatic carbocycles. The standard InChI is InChI=1S/C13H14N4O/c1-9-5-4-6-12(10(9)2)17-13(8-18-3)11(7-14)15-16-17/h4-6H,8H2,1-3H3. The van der Waals surface area contributed by atoms with Gasteiger partial charge in [0.25, 0.3) is 0 Å². The molecular formula is C13H14N4O. The average molecular weight is 242 g/mol. The van der Waals surface area contributed by atoms with Crippen LogP contribution in [-0.2, 0) is 11.3 Å². The number of benzene rings is 1. The maximum absolute atomic E-state index is 9.01. The molecule has 5 heteroatoms. The zero-order valence-electron chi connectivity index (χ0n) is 10.6. The summed E-state index contributed by atoms with van der Waals surface area (Å²) >= 11 is 0. The van der Waals surface area contributed by atoms with Gasteiger partial charge in [-0.15, -0.1) is 5.10 Å². The monoisotopic (exact) mass is 242 g/mol. The van der Waals surface area contributed by atoms with E-state index in [2.05, 4.69) is 10.3 Å². The lowest BCUT2D eigenvalue weighted by atomic mass is 10.1. The zero-order valence-corrected chi connectivity index (χ0v) is 10.6. The molecule has 0 bridgehead atoms. The number of nitrogens with zero attached hydrogens (tertiary/aromatic N) is 4. The molecule has 1 aromatic carbocycles. The summed E-state index contributed by atoms with van der Waals surface area (Å²) in [6.45, 7) is 4.37. The number of aromatic nitrogens is 3. The molecule has 18 heavy (non-hydrogen) atoms. The molecular weight excluding hydrogens is 228 g/mol. The highest BCUT2D eigenvalue weighted by Gasteiger charge is 2.15. The van der Waals surface area contributed by atoms with Gasteiger partial charge in [0.2, 0.25) is 0 Å². The van der Waals surface area contributed by atoms with Crippen LogP contribution in [0.1, 0.15) is 22.5 Å². The Balaban J connectivity index is 2.61. The Kier molecular flexibility index (Phi) is 3.40. The highest BCUT2D eigenvalue weighted by atomic mass is 16.5. The largest absolute Gasteiger partial charge is 0.378 e. The summed E-state index contributed by atoms with van der Waals surface area (Å²) in [4.78, 5) is 0. The Labute approximate surface area is 106 Å². The van der Waals surface area contributed by atoms with Crippen LogP contribution in [0.2, 0.25) is 0 Å². The number of aryl methyl sites for hydroxylation is 1.